The summed E-state index contributed by atoms with van der Waals surface area (Å²) in [5.74, 6) is -2.58. The van der Waals surface area contributed by atoms with Gasteiger partial charge in [-0.2, -0.15) is 27.1 Å². The molecule has 0 saturated heterocycles. The predicted molar refractivity (Wildman–Crippen MR) is 121 cm³/mol. The largest absolute Gasteiger partial charge is 0.490 e. The van der Waals surface area contributed by atoms with E-state index in [9.17, 15) is 35.2 Å². The Morgan fingerprint density at radius 1 is 1.17 bits per heavy atom. The highest BCUT2D eigenvalue weighted by Crippen LogP contribution is 2.29. The van der Waals surface area contributed by atoms with Crippen LogP contribution in [0.1, 0.15) is 10.7 Å². The zero-order valence-corrected chi connectivity index (χ0v) is 20.0. The number of nitrogens with one attached hydrogen (secondary N) is 1. The molecule has 0 aliphatic heterocycles. The van der Waals surface area contributed by atoms with Crippen molar-refractivity contribution in [1.29, 1.82) is 0 Å². The van der Waals surface area contributed by atoms with Gasteiger partial charge in [0.05, 0.1) is 11.4 Å². The summed E-state index contributed by atoms with van der Waals surface area (Å²) in [6, 6.07) is 10.2. The average Bonchev–Trinajstić information content (AvgIpc) is 3.38. The van der Waals surface area contributed by atoms with Crippen LogP contribution in [0.2, 0.25) is 0 Å². The van der Waals surface area contributed by atoms with E-state index in [2.05, 4.69) is 10.2 Å². The molecule has 2 aromatic heterocycles. The molecule has 3 rings (SSSR count). The molecule has 0 aliphatic rings. The van der Waals surface area contributed by atoms with E-state index in [1.165, 1.54) is 28.0 Å². The second kappa shape index (κ2) is 11.6. The first-order valence-corrected chi connectivity index (χ1v) is 12.4. The highest BCUT2D eigenvalue weighted by atomic mass is 32.2. The van der Waals surface area contributed by atoms with Crippen molar-refractivity contribution in [3.63, 3.8) is 0 Å². The van der Waals surface area contributed by atoms with Crippen LogP contribution in [0.3, 0.4) is 0 Å². The zero-order chi connectivity index (χ0) is 27.3. The Bertz CT molecular complexity index is 1400. The van der Waals surface area contributed by atoms with Crippen molar-refractivity contribution >= 4 is 27.1 Å². The minimum Gasteiger partial charge on any atom is -0.475 e. The SMILES string of the molecule is CS(=O)(=O)c1ccc(-c2ccc(Cn3c(CC(CN)=C(F)F)n[nH]c3=O)s2)cc1.O=C(O)C(F)(F)F. The number of aromatic amines is 1. The molecular formula is C20H19F5N4O5S2. The van der Waals surface area contributed by atoms with Crippen LogP contribution < -0.4 is 11.4 Å². The Labute approximate surface area is 204 Å². The first-order valence-electron chi connectivity index (χ1n) is 9.70. The standard InChI is InChI=1S/C18H18F2N4O3S2.C2HF3O2/c1-29(26,27)14-5-2-11(3-6-14)15-7-4-13(28-15)10-24-16(22-23-18(24)25)8-12(9-21)17(19)20;3-2(4,5)1(6)7/h2-7H,8-10,21H2,1H3,(H,23,25);(H,6,7). The van der Waals surface area contributed by atoms with Gasteiger partial charge in [-0.1, -0.05) is 12.1 Å². The van der Waals surface area contributed by atoms with Gasteiger partial charge in [0.25, 0.3) is 6.08 Å². The molecule has 0 fully saturated rings. The third kappa shape index (κ3) is 7.82. The second-order valence-electron chi connectivity index (χ2n) is 7.14. The molecule has 0 bridgehead atoms. The van der Waals surface area contributed by atoms with E-state index in [0.717, 1.165) is 21.6 Å². The van der Waals surface area contributed by atoms with Gasteiger partial charge in [-0.25, -0.2) is 23.1 Å². The fourth-order valence-electron chi connectivity index (χ4n) is 2.70. The summed E-state index contributed by atoms with van der Waals surface area (Å²) in [7, 11) is -3.27. The predicted octanol–water partition coefficient (Wildman–Crippen LogP) is 3.04. The van der Waals surface area contributed by atoms with Gasteiger partial charge in [0.2, 0.25) is 0 Å². The van der Waals surface area contributed by atoms with Crippen molar-refractivity contribution in [2.24, 2.45) is 5.73 Å². The normalized spacial score (nSPS) is 11.5. The van der Waals surface area contributed by atoms with Gasteiger partial charge in [0, 0.05) is 34.5 Å². The van der Waals surface area contributed by atoms with Gasteiger partial charge >= 0.3 is 17.8 Å². The highest BCUT2D eigenvalue weighted by molar-refractivity contribution is 7.90. The zero-order valence-electron chi connectivity index (χ0n) is 18.3. The second-order valence-corrected chi connectivity index (χ2v) is 10.3. The van der Waals surface area contributed by atoms with Gasteiger partial charge < -0.3 is 10.8 Å². The molecule has 0 saturated carbocycles. The summed E-state index contributed by atoms with van der Waals surface area (Å²) < 4.78 is 81.9. The molecule has 0 atom stereocenters. The Morgan fingerprint density at radius 2 is 1.75 bits per heavy atom. The first kappa shape index (κ1) is 28.9. The van der Waals surface area contributed by atoms with Crippen LogP contribution in [0.15, 0.2) is 57.7 Å². The molecular weight excluding hydrogens is 535 g/mol. The summed E-state index contributed by atoms with van der Waals surface area (Å²) in [5, 5.41) is 13.2. The highest BCUT2D eigenvalue weighted by Gasteiger charge is 2.38. The minimum absolute atomic E-state index is 0.169. The summed E-state index contributed by atoms with van der Waals surface area (Å²) in [4.78, 5) is 22.9. The molecule has 3 aromatic rings. The van der Waals surface area contributed by atoms with Crippen LogP contribution >= 0.6 is 11.3 Å². The molecule has 0 amide bonds. The molecule has 0 spiro atoms. The molecule has 16 heteroatoms. The maximum atomic E-state index is 12.9. The molecule has 0 unspecified atom stereocenters. The van der Waals surface area contributed by atoms with E-state index in [1.54, 1.807) is 12.1 Å². The third-order valence-electron chi connectivity index (χ3n) is 4.51. The number of hydrogen-bond acceptors (Lipinski definition) is 7. The lowest BCUT2D eigenvalue weighted by atomic mass is 10.2. The Kier molecular flexibility index (Phi) is 9.28. The third-order valence-corrected chi connectivity index (χ3v) is 6.76. The number of nitrogens with two attached hydrogens (primary N) is 1. The van der Waals surface area contributed by atoms with Gasteiger partial charge in [-0.15, -0.1) is 11.3 Å². The van der Waals surface area contributed by atoms with E-state index < -0.39 is 33.8 Å². The lowest BCUT2D eigenvalue weighted by Crippen LogP contribution is -2.21. The van der Waals surface area contributed by atoms with Crippen LogP contribution in [0.25, 0.3) is 10.4 Å². The Hall–Kier alpha value is -3.37. The summed E-state index contributed by atoms with van der Waals surface area (Å²) in [5.41, 5.74) is 5.40. The van der Waals surface area contributed by atoms with Gasteiger partial charge in [0.15, 0.2) is 9.84 Å². The van der Waals surface area contributed by atoms with Crippen LogP contribution in [0.5, 0.6) is 0 Å². The van der Waals surface area contributed by atoms with Gasteiger partial charge in [-0.05, 0) is 29.8 Å². The smallest absolute Gasteiger partial charge is 0.475 e. The van der Waals surface area contributed by atoms with Crippen molar-refractivity contribution in [2.45, 2.75) is 24.0 Å². The number of thiophene rings is 1. The molecule has 2 heterocycles. The van der Waals surface area contributed by atoms with Crippen LogP contribution in [-0.4, -0.2) is 53.2 Å². The summed E-state index contributed by atoms with van der Waals surface area (Å²) in [6.07, 6.45) is -6.03. The van der Waals surface area contributed by atoms with E-state index in [1.807, 2.05) is 12.1 Å². The molecule has 196 valence electrons. The molecule has 9 nitrogen and oxygen atoms in total. The molecule has 0 aliphatic carbocycles. The fraction of sp³-hybridized carbons (Fsp3) is 0.250. The molecule has 36 heavy (non-hydrogen) atoms. The van der Waals surface area contributed by atoms with Crippen molar-refractivity contribution in [3.05, 3.63) is 69.2 Å². The number of carboxylic acids is 1. The topological polar surface area (TPSA) is 148 Å². The maximum absolute atomic E-state index is 12.9. The number of aliphatic carboxylic acids is 1. The molecule has 4 N–H and O–H groups in total. The number of carbonyl (C=O) groups is 1. The first-order chi connectivity index (χ1) is 16.6. The number of halogens is 5. The fourth-order valence-corrected chi connectivity index (χ4v) is 4.33. The van der Waals surface area contributed by atoms with E-state index in [0.29, 0.717) is 0 Å². The number of H-pyrrole nitrogens is 1. The molecule has 1 aromatic carbocycles. The summed E-state index contributed by atoms with van der Waals surface area (Å²) in [6.45, 7) is -0.154. The van der Waals surface area contributed by atoms with E-state index in [4.69, 9.17) is 15.6 Å². The number of benzene rings is 1. The van der Waals surface area contributed by atoms with E-state index in [-0.39, 0.29) is 35.8 Å². The number of sulfone groups is 1. The average molecular weight is 555 g/mol. The van der Waals surface area contributed by atoms with Crippen molar-refractivity contribution < 1.29 is 40.3 Å². The Morgan fingerprint density at radius 3 is 2.22 bits per heavy atom. The van der Waals surface area contributed by atoms with Crippen LogP contribution in [-0.2, 0) is 27.6 Å². The quantitative estimate of drug-likeness (QED) is 0.380. The van der Waals surface area contributed by atoms with Crippen molar-refractivity contribution in [3.8, 4) is 10.4 Å². The summed E-state index contributed by atoms with van der Waals surface area (Å²) >= 11 is 1.41. The number of nitrogens with zero attached hydrogens (tertiary/aromatic N) is 2. The number of rotatable bonds is 7. The molecule has 0 radical (unpaired) electrons. The van der Waals surface area contributed by atoms with Crippen molar-refractivity contribution in [1.82, 2.24) is 14.8 Å². The van der Waals surface area contributed by atoms with Gasteiger partial charge in [-0.3, -0.25) is 4.57 Å². The minimum atomic E-state index is -5.08. The number of alkyl halides is 3. The lowest BCUT2D eigenvalue weighted by Gasteiger charge is -2.06. The number of hydrogen-bond donors (Lipinski definition) is 3. The van der Waals surface area contributed by atoms with Gasteiger partial charge in [0.1, 0.15) is 5.82 Å². The number of carboxylic acid groups (broad SMARTS) is 1. The Balaban J connectivity index is 0.000000572. The number of aromatic nitrogens is 3. The van der Waals surface area contributed by atoms with Crippen molar-refractivity contribution in [2.75, 3.05) is 12.8 Å². The van der Waals surface area contributed by atoms with Crippen LogP contribution in [0, 0.1) is 0 Å². The monoisotopic (exact) mass is 554 g/mol. The lowest BCUT2D eigenvalue weighted by molar-refractivity contribution is -0.192. The van der Waals surface area contributed by atoms with E-state index >= 15 is 0 Å². The van der Waals surface area contributed by atoms with Crippen LogP contribution in [0.4, 0.5) is 22.0 Å². The maximum Gasteiger partial charge on any atom is 0.490 e.